The molecule has 31 heavy (non-hydrogen) atoms. The van der Waals surface area contributed by atoms with E-state index in [4.69, 9.17) is 0 Å². The van der Waals surface area contributed by atoms with Crippen LogP contribution in [0.4, 0.5) is 20.6 Å². The highest BCUT2D eigenvalue weighted by Gasteiger charge is 2.16. The minimum absolute atomic E-state index is 0.00589. The van der Waals surface area contributed by atoms with E-state index >= 15 is 0 Å². The highest BCUT2D eigenvalue weighted by molar-refractivity contribution is 6.01. The van der Waals surface area contributed by atoms with Gasteiger partial charge in [-0.3, -0.25) is 9.69 Å². The van der Waals surface area contributed by atoms with E-state index in [1.165, 1.54) is 42.7 Å². The molecule has 2 aromatic rings. The van der Waals surface area contributed by atoms with E-state index < -0.39 is 0 Å². The molecule has 168 valence electrons. The van der Waals surface area contributed by atoms with Crippen molar-refractivity contribution < 1.29 is 14.0 Å². The summed E-state index contributed by atoms with van der Waals surface area (Å²) in [5.41, 5.74) is 2.29. The number of aryl methyl sites for hydroxylation is 1. The third kappa shape index (κ3) is 9.20. The molecule has 0 atom stereocenters. The van der Waals surface area contributed by atoms with Crippen molar-refractivity contribution in [3.8, 4) is 0 Å². The molecule has 0 aliphatic heterocycles. The predicted molar refractivity (Wildman–Crippen MR) is 125 cm³/mol. The first-order valence-electron chi connectivity index (χ1n) is 11.2. The van der Waals surface area contributed by atoms with Crippen LogP contribution in [0.2, 0.25) is 0 Å². The first-order valence-corrected chi connectivity index (χ1v) is 11.2. The van der Waals surface area contributed by atoms with E-state index in [0.717, 1.165) is 18.4 Å². The van der Waals surface area contributed by atoms with Gasteiger partial charge in [0.05, 0.1) is 0 Å². The van der Waals surface area contributed by atoms with Crippen molar-refractivity contribution in [2.24, 2.45) is 0 Å². The number of carbonyl (C=O) groups excluding carboxylic acids is 2. The van der Waals surface area contributed by atoms with Crippen molar-refractivity contribution in [1.29, 1.82) is 0 Å². The third-order valence-corrected chi connectivity index (χ3v) is 5.07. The number of urea groups is 1. The summed E-state index contributed by atoms with van der Waals surface area (Å²) in [6.45, 7) is 4.75. The van der Waals surface area contributed by atoms with Crippen LogP contribution in [0.3, 0.4) is 0 Å². The van der Waals surface area contributed by atoms with Gasteiger partial charge in [-0.15, -0.1) is 0 Å². The number of hydrogen-bond donors (Lipinski definition) is 2. The first-order chi connectivity index (χ1) is 15.0. The largest absolute Gasteiger partial charge is 0.354 e. The molecule has 0 aliphatic rings. The quantitative estimate of drug-likeness (QED) is 0.406. The van der Waals surface area contributed by atoms with Crippen molar-refractivity contribution in [3.63, 3.8) is 0 Å². The Labute approximate surface area is 185 Å². The summed E-state index contributed by atoms with van der Waals surface area (Å²) in [6, 6.07) is 12.9. The number of halogens is 1. The molecule has 2 aromatic carbocycles. The average Bonchev–Trinajstić information content (AvgIpc) is 2.74. The smallest absolute Gasteiger partial charge is 0.326 e. The summed E-state index contributed by atoms with van der Waals surface area (Å²) < 4.78 is 13.3. The average molecular weight is 428 g/mol. The lowest BCUT2D eigenvalue weighted by Gasteiger charge is -2.23. The van der Waals surface area contributed by atoms with Gasteiger partial charge < -0.3 is 10.6 Å². The minimum atomic E-state index is -0.366. The van der Waals surface area contributed by atoms with E-state index in [9.17, 15) is 14.0 Å². The molecule has 0 fully saturated rings. The monoisotopic (exact) mass is 427 g/mol. The third-order valence-electron chi connectivity index (χ3n) is 5.07. The van der Waals surface area contributed by atoms with Crippen molar-refractivity contribution >= 4 is 23.3 Å². The zero-order valence-electron chi connectivity index (χ0n) is 18.6. The summed E-state index contributed by atoms with van der Waals surface area (Å²) in [4.78, 5) is 26.5. The Morgan fingerprint density at radius 2 is 1.68 bits per heavy atom. The van der Waals surface area contributed by atoms with Crippen molar-refractivity contribution in [1.82, 2.24) is 5.32 Å². The summed E-state index contributed by atoms with van der Waals surface area (Å²) >= 11 is 0. The molecule has 0 unspecified atom stereocenters. The highest BCUT2D eigenvalue weighted by atomic mass is 19.1. The molecular formula is C25H34FN3O2. The number of carbonyl (C=O) groups is 2. The Morgan fingerprint density at radius 3 is 2.39 bits per heavy atom. The number of anilines is 2. The molecule has 0 aliphatic carbocycles. The molecular weight excluding hydrogens is 393 g/mol. The summed E-state index contributed by atoms with van der Waals surface area (Å²) in [5.74, 6) is -0.372. The minimum Gasteiger partial charge on any atom is -0.354 e. The molecule has 0 saturated carbocycles. The number of rotatable bonds is 12. The summed E-state index contributed by atoms with van der Waals surface area (Å²) in [6.07, 6.45) is 7.29. The number of nitrogens with zero attached hydrogens (tertiary/aromatic N) is 1. The van der Waals surface area contributed by atoms with Crippen LogP contribution in [0, 0.1) is 12.7 Å². The van der Waals surface area contributed by atoms with E-state index in [1.54, 1.807) is 12.1 Å². The first kappa shape index (κ1) is 24.4. The van der Waals surface area contributed by atoms with Crippen molar-refractivity contribution in [3.05, 3.63) is 59.9 Å². The standard InChI is InChI=1S/C25H34FN3O2/c1-3-4-5-6-7-8-12-24(30)27-17-18-29(23-15-13-21(26)14-16-23)25(31)28-22-11-9-10-20(2)19-22/h9-11,13-16,19H,3-8,12,17-18H2,1-2H3,(H,27,30)(H,28,31). The Morgan fingerprint density at radius 1 is 0.968 bits per heavy atom. The Kier molecular flexibility index (Phi) is 10.6. The second kappa shape index (κ2) is 13.4. The molecule has 0 aromatic heterocycles. The normalized spacial score (nSPS) is 10.5. The fourth-order valence-corrected chi connectivity index (χ4v) is 3.34. The van der Waals surface area contributed by atoms with E-state index in [0.29, 0.717) is 24.3 Å². The molecule has 3 amide bonds. The van der Waals surface area contributed by atoms with Crippen LogP contribution in [-0.2, 0) is 4.79 Å². The maximum Gasteiger partial charge on any atom is 0.326 e. The van der Waals surface area contributed by atoms with Crippen LogP contribution in [0.15, 0.2) is 48.5 Å². The number of unbranched alkanes of at least 4 members (excludes halogenated alkanes) is 5. The van der Waals surface area contributed by atoms with Crippen LogP contribution >= 0.6 is 0 Å². The van der Waals surface area contributed by atoms with Crippen LogP contribution in [0.25, 0.3) is 0 Å². The number of benzene rings is 2. The topological polar surface area (TPSA) is 61.4 Å². The van der Waals surface area contributed by atoms with E-state index in [-0.39, 0.29) is 24.3 Å². The van der Waals surface area contributed by atoms with Gasteiger partial charge in [-0.2, -0.15) is 0 Å². The zero-order valence-corrected chi connectivity index (χ0v) is 18.6. The Hall–Kier alpha value is -2.89. The summed E-state index contributed by atoms with van der Waals surface area (Å²) in [7, 11) is 0. The lowest BCUT2D eigenvalue weighted by Crippen LogP contribution is -2.41. The van der Waals surface area contributed by atoms with Crippen molar-refractivity contribution in [2.45, 2.75) is 58.8 Å². The maximum atomic E-state index is 13.3. The van der Waals surface area contributed by atoms with Gasteiger partial charge in [0.15, 0.2) is 0 Å². The van der Waals surface area contributed by atoms with Gasteiger partial charge in [0.2, 0.25) is 5.91 Å². The van der Waals surface area contributed by atoms with Gasteiger partial charge in [-0.1, -0.05) is 51.2 Å². The van der Waals surface area contributed by atoms with Gasteiger partial charge in [0.25, 0.3) is 0 Å². The highest BCUT2D eigenvalue weighted by Crippen LogP contribution is 2.17. The van der Waals surface area contributed by atoms with Crippen LogP contribution in [-0.4, -0.2) is 25.0 Å². The SMILES string of the molecule is CCCCCCCCC(=O)NCCN(C(=O)Nc1cccc(C)c1)c1ccc(F)cc1. The summed E-state index contributed by atoms with van der Waals surface area (Å²) in [5, 5.41) is 5.76. The Bertz CT molecular complexity index is 824. The molecule has 6 heteroatoms. The molecule has 0 radical (unpaired) electrons. The number of nitrogens with one attached hydrogen (secondary N) is 2. The Balaban J connectivity index is 1.88. The fourth-order valence-electron chi connectivity index (χ4n) is 3.34. The molecule has 2 rings (SSSR count). The van der Waals surface area contributed by atoms with Gasteiger partial charge in [-0.25, -0.2) is 9.18 Å². The lowest BCUT2D eigenvalue weighted by atomic mass is 10.1. The van der Waals surface area contributed by atoms with Crippen LogP contribution in [0.5, 0.6) is 0 Å². The zero-order chi connectivity index (χ0) is 22.5. The van der Waals surface area contributed by atoms with Gasteiger partial charge >= 0.3 is 6.03 Å². The van der Waals surface area contributed by atoms with Gasteiger partial charge in [0, 0.05) is 30.9 Å². The second-order valence-electron chi connectivity index (χ2n) is 7.80. The molecule has 0 spiro atoms. The molecule has 0 bridgehead atoms. The molecule has 0 heterocycles. The molecule has 0 saturated heterocycles. The molecule has 2 N–H and O–H groups in total. The number of hydrogen-bond acceptors (Lipinski definition) is 2. The number of amides is 3. The maximum absolute atomic E-state index is 13.3. The predicted octanol–water partition coefficient (Wildman–Crippen LogP) is 6.04. The van der Waals surface area contributed by atoms with E-state index in [2.05, 4.69) is 17.6 Å². The van der Waals surface area contributed by atoms with Crippen LogP contribution in [0.1, 0.15) is 57.4 Å². The van der Waals surface area contributed by atoms with Gasteiger partial charge in [-0.05, 0) is 55.3 Å². The fraction of sp³-hybridized carbons (Fsp3) is 0.440. The second-order valence-corrected chi connectivity index (χ2v) is 7.80. The van der Waals surface area contributed by atoms with Crippen molar-refractivity contribution in [2.75, 3.05) is 23.3 Å². The van der Waals surface area contributed by atoms with Crippen LogP contribution < -0.4 is 15.5 Å². The molecule has 5 nitrogen and oxygen atoms in total. The van der Waals surface area contributed by atoms with Gasteiger partial charge in [0.1, 0.15) is 5.82 Å². The lowest BCUT2D eigenvalue weighted by molar-refractivity contribution is -0.121. The van der Waals surface area contributed by atoms with E-state index in [1.807, 2.05) is 31.2 Å².